The molecule has 0 heterocycles. The SMILES string of the molecule is COCC(C)OCCCC(=O)Nc1ccc(N)cc1. The first-order chi connectivity index (χ1) is 9.11. The fraction of sp³-hybridized carbons (Fsp3) is 0.500. The lowest BCUT2D eigenvalue weighted by molar-refractivity contribution is -0.116. The van der Waals surface area contributed by atoms with Crippen LogP contribution in [0.4, 0.5) is 11.4 Å². The molecule has 0 aliphatic carbocycles. The van der Waals surface area contributed by atoms with Gasteiger partial charge in [0.15, 0.2) is 0 Å². The molecule has 5 heteroatoms. The van der Waals surface area contributed by atoms with E-state index in [-0.39, 0.29) is 12.0 Å². The van der Waals surface area contributed by atoms with E-state index in [0.717, 1.165) is 5.69 Å². The first-order valence-corrected chi connectivity index (χ1v) is 6.37. The lowest BCUT2D eigenvalue weighted by atomic mass is 10.2. The fourth-order valence-electron chi connectivity index (χ4n) is 1.59. The van der Waals surface area contributed by atoms with Gasteiger partial charge in [-0.3, -0.25) is 4.79 Å². The molecule has 0 fully saturated rings. The molecular formula is C14H22N2O3. The van der Waals surface area contributed by atoms with Gasteiger partial charge in [-0.15, -0.1) is 0 Å². The first kappa shape index (κ1) is 15.5. The van der Waals surface area contributed by atoms with Crippen LogP contribution in [0.3, 0.4) is 0 Å². The van der Waals surface area contributed by atoms with Gasteiger partial charge < -0.3 is 20.5 Å². The van der Waals surface area contributed by atoms with Crippen LogP contribution in [0.25, 0.3) is 0 Å². The standard InChI is InChI=1S/C14H22N2O3/c1-11(10-18-2)19-9-3-4-14(17)16-13-7-5-12(15)6-8-13/h5-8,11H,3-4,9-10,15H2,1-2H3,(H,16,17). The van der Waals surface area contributed by atoms with Gasteiger partial charge in [-0.25, -0.2) is 0 Å². The number of carbonyl (C=O) groups is 1. The lowest BCUT2D eigenvalue weighted by Gasteiger charge is -2.11. The topological polar surface area (TPSA) is 73.6 Å². The van der Waals surface area contributed by atoms with E-state index < -0.39 is 0 Å². The molecule has 0 spiro atoms. The third-order valence-electron chi connectivity index (χ3n) is 2.55. The third kappa shape index (κ3) is 6.79. The van der Waals surface area contributed by atoms with Crippen molar-refractivity contribution < 1.29 is 14.3 Å². The van der Waals surface area contributed by atoms with E-state index in [0.29, 0.717) is 31.7 Å². The largest absolute Gasteiger partial charge is 0.399 e. The van der Waals surface area contributed by atoms with Crippen LogP contribution in [0.5, 0.6) is 0 Å². The van der Waals surface area contributed by atoms with Crippen LogP contribution >= 0.6 is 0 Å². The second-order valence-corrected chi connectivity index (χ2v) is 4.41. The number of anilines is 2. The first-order valence-electron chi connectivity index (χ1n) is 6.37. The summed E-state index contributed by atoms with van der Waals surface area (Å²) in [4.78, 5) is 11.6. The predicted octanol–water partition coefficient (Wildman–Crippen LogP) is 2.04. The molecule has 0 aliphatic heterocycles. The molecule has 1 unspecified atom stereocenters. The molecule has 0 aliphatic rings. The number of rotatable bonds is 8. The average molecular weight is 266 g/mol. The van der Waals surface area contributed by atoms with Crippen molar-refractivity contribution in [3.8, 4) is 0 Å². The number of nitrogen functional groups attached to an aromatic ring is 1. The van der Waals surface area contributed by atoms with Crippen molar-refractivity contribution >= 4 is 17.3 Å². The minimum Gasteiger partial charge on any atom is -0.399 e. The van der Waals surface area contributed by atoms with Crippen LogP contribution < -0.4 is 11.1 Å². The maximum atomic E-state index is 11.6. The number of amides is 1. The minimum absolute atomic E-state index is 0.0206. The van der Waals surface area contributed by atoms with Crippen molar-refractivity contribution in [3.05, 3.63) is 24.3 Å². The number of nitrogens with one attached hydrogen (secondary N) is 1. The van der Waals surface area contributed by atoms with Gasteiger partial charge in [0.1, 0.15) is 0 Å². The summed E-state index contributed by atoms with van der Waals surface area (Å²) < 4.78 is 10.4. The van der Waals surface area contributed by atoms with E-state index in [2.05, 4.69) is 5.32 Å². The van der Waals surface area contributed by atoms with Gasteiger partial charge in [-0.05, 0) is 37.6 Å². The van der Waals surface area contributed by atoms with Crippen molar-refractivity contribution in [2.45, 2.75) is 25.9 Å². The highest BCUT2D eigenvalue weighted by Gasteiger charge is 2.04. The zero-order valence-electron chi connectivity index (χ0n) is 11.5. The molecule has 0 saturated carbocycles. The van der Waals surface area contributed by atoms with E-state index >= 15 is 0 Å². The minimum atomic E-state index is -0.0206. The maximum Gasteiger partial charge on any atom is 0.224 e. The number of hydrogen-bond donors (Lipinski definition) is 2. The molecule has 1 aromatic rings. The number of methoxy groups -OCH3 is 1. The summed E-state index contributed by atoms with van der Waals surface area (Å²) in [5.41, 5.74) is 7.01. The van der Waals surface area contributed by atoms with E-state index in [1.165, 1.54) is 0 Å². The zero-order chi connectivity index (χ0) is 14.1. The van der Waals surface area contributed by atoms with Crippen molar-refractivity contribution in [2.75, 3.05) is 31.4 Å². The Hall–Kier alpha value is -1.59. The normalized spacial score (nSPS) is 12.1. The molecule has 0 bridgehead atoms. The van der Waals surface area contributed by atoms with Crippen LogP contribution in [0.1, 0.15) is 19.8 Å². The number of carbonyl (C=O) groups excluding carboxylic acids is 1. The van der Waals surface area contributed by atoms with Gasteiger partial charge in [0.2, 0.25) is 5.91 Å². The number of ether oxygens (including phenoxy) is 2. The molecule has 1 rings (SSSR count). The Labute approximate surface area is 114 Å². The fourth-order valence-corrected chi connectivity index (χ4v) is 1.59. The van der Waals surface area contributed by atoms with Gasteiger partial charge >= 0.3 is 0 Å². The van der Waals surface area contributed by atoms with E-state index in [1.54, 1.807) is 31.4 Å². The second-order valence-electron chi connectivity index (χ2n) is 4.41. The molecule has 3 N–H and O–H groups in total. The summed E-state index contributed by atoms with van der Waals surface area (Å²) in [5, 5.41) is 2.81. The van der Waals surface area contributed by atoms with Crippen LogP contribution in [0.2, 0.25) is 0 Å². The molecule has 5 nitrogen and oxygen atoms in total. The third-order valence-corrected chi connectivity index (χ3v) is 2.55. The molecule has 1 amide bonds. The summed E-state index contributed by atoms with van der Waals surface area (Å²) >= 11 is 0. The highest BCUT2D eigenvalue weighted by atomic mass is 16.5. The van der Waals surface area contributed by atoms with E-state index in [1.807, 2.05) is 6.92 Å². The van der Waals surface area contributed by atoms with Crippen molar-refractivity contribution in [1.29, 1.82) is 0 Å². The summed E-state index contributed by atoms with van der Waals surface area (Å²) in [5.74, 6) is -0.0206. The summed E-state index contributed by atoms with van der Waals surface area (Å²) in [6.07, 6.45) is 1.18. The molecule has 1 aromatic carbocycles. The zero-order valence-corrected chi connectivity index (χ0v) is 11.5. The smallest absolute Gasteiger partial charge is 0.224 e. The molecular weight excluding hydrogens is 244 g/mol. The molecule has 106 valence electrons. The maximum absolute atomic E-state index is 11.6. The highest BCUT2D eigenvalue weighted by molar-refractivity contribution is 5.90. The average Bonchev–Trinajstić information content (AvgIpc) is 2.38. The Bertz CT molecular complexity index is 379. The van der Waals surface area contributed by atoms with Gasteiger partial charge in [0.25, 0.3) is 0 Å². The molecule has 0 aromatic heterocycles. The Morgan fingerprint density at radius 2 is 2.05 bits per heavy atom. The van der Waals surface area contributed by atoms with Gasteiger partial charge in [0.05, 0.1) is 12.7 Å². The summed E-state index contributed by atoms with van der Waals surface area (Å²) in [7, 11) is 1.64. The quantitative estimate of drug-likeness (QED) is 0.558. The van der Waals surface area contributed by atoms with Crippen molar-refractivity contribution in [2.24, 2.45) is 0 Å². The van der Waals surface area contributed by atoms with Crippen LogP contribution in [-0.4, -0.2) is 32.3 Å². The Kier molecular flexibility index (Phi) is 6.92. The van der Waals surface area contributed by atoms with E-state index in [9.17, 15) is 4.79 Å². The van der Waals surface area contributed by atoms with E-state index in [4.69, 9.17) is 15.2 Å². The van der Waals surface area contributed by atoms with Gasteiger partial charge in [-0.1, -0.05) is 0 Å². The van der Waals surface area contributed by atoms with Gasteiger partial charge in [-0.2, -0.15) is 0 Å². The second kappa shape index (κ2) is 8.50. The molecule has 19 heavy (non-hydrogen) atoms. The highest BCUT2D eigenvalue weighted by Crippen LogP contribution is 2.11. The van der Waals surface area contributed by atoms with Crippen LogP contribution in [0, 0.1) is 0 Å². The van der Waals surface area contributed by atoms with Crippen LogP contribution in [0.15, 0.2) is 24.3 Å². The summed E-state index contributed by atoms with van der Waals surface area (Å²) in [6, 6.07) is 7.07. The Balaban J connectivity index is 2.16. The number of hydrogen-bond acceptors (Lipinski definition) is 4. The Morgan fingerprint density at radius 3 is 2.68 bits per heavy atom. The van der Waals surface area contributed by atoms with Crippen molar-refractivity contribution in [1.82, 2.24) is 0 Å². The Morgan fingerprint density at radius 1 is 1.37 bits per heavy atom. The number of nitrogens with two attached hydrogens (primary N) is 1. The molecule has 1 atom stereocenters. The lowest BCUT2D eigenvalue weighted by Crippen LogP contribution is -2.17. The van der Waals surface area contributed by atoms with Gasteiger partial charge in [0, 0.05) is 31.5 Å². The molecule has 0 saturated heterocycles. The summed E-state index contributed by atoms with van der Waals surface area (Å²) in [6.45, 7) is 3.06. The van der Waals surface area contributed by atoms with Crippen LogP contribution in [-0.2, 0) is 14.3 Å². The predicted molar refractivity (Wildman–Crippen MR) is 76.0 cm³/mol. The van der Waals surface area contributed by atoms with Crippen molar-refractivity contribution in [3.63, 3.8) is 0 Å². The number of benzene rings is 1. The molecule has 0 radical (unpaired) electrons. The monoisotopic (exact) mass is 266 g/mol.